The van der Waals surface area contributed by atoms with Crippen LogP contribution >= 0.6 is 23.5 Å². The van der Waals surface area contributed by atoms with Gasteiger partial charge in [0.15, 0.2) is 5.78 Å². The van der Waals surface area contributed by atoms with Crippen LogP contribution in [0.5, 0.6) is 5.75 Å². The molecule has 2 aliphatic rings. The van der Waals surface area contributed by atoms with Crippen molar-refractivity contribution in [2.75, 3.05) is 17.3 Å². The summed E-state index contributed by atoms with van der Waals surface area (Å²) in [6.07, 6.45) is 2.74. The fourth-order valence-electron chi connectivity index (χ4n) is 1.90. The van der Waals surface area contributed by atoms with Crippen molar-refractivity contribution in [1.29, 1.82) is 0 Å². The summed E-state index contributed by atoms with van der Waals surface area (Å²) in [6.45, 7) is 0. The van der Waals surface area contributed by atoms with E-state index in [9.17, 15) is 4.79 Å². The number of carbonyl (C=O) groups is 1. The lowest BCUT2D eigenvalue weighted by Gasteiger charge is -2.19. The zero-order valence-electron chi connectivity index (χ0n) is 10.1. The monoisotopic (exact) mass is 280 g/mol. The van der Waals surface area contributed by atoms with Crippen LogP contribution in [-0.2, 0) is 0 Å². The molecular formula is C14H16O2S2. The van der Waals surface area contributed by atoms with Crippen molar-refractivity contribution in [3.63, 3.8) is 0 Å². The highest BCUT2D eigenvalue weighted by Gasteiger charge is 2.25. The molecule has 4 heteroatoms. The average Bonchev–Trinajstić information content (AvgIpc) is 3.24. The van der Waals surface area contributed by atoms with Gasteiger partial charge in [-0.15, -0.1) is 11.8 Å². The predicted octanol–water partition coefficient (Wildman–Crippen LogP) is 3.26. The molecule has 1 aromatic rings. The summed E-state index contributed by atoms with van der Waals surface area (Å²) in [5.74, 6) is 4.36. The molecule has 96 valence electrons. The van der Waals surface area contributed by atoms with E-state index < -0.39 is 0 Å². The second-order valence-electron chi connectivity index (χ2n) is 4.64. The first-order chi connectivity index (χ1) is 8.83. The lowest BCUT2D eigenvalue weighted by molar-refractivity contribution is 0.0995. The van der Waals surface area contributed by atoms with Crippen LogP contribution < -0.4 is 4.74 Å². The van der Waals surface area contributed by atoms with Gasteiger partial charge in [-0.25, -0.2) is 0 Å². The van der Waals surface area contributed by atoms with E-state index in [0.717, 1.165) is 35.7 Å². The minimum Gasteiger partial charge on any atom is -0.490 e. The summed E-state index contributed by atoms with van der Waals surface area (Å²) < 4.78 is 5.68. The number of benzene rings is 1. The third-order valence-corrected chi connectivity index (χ3v) is 5.83. The van der Waals surface area contributed by atoms with Crippen molar-refractivity contribution in [1.82, 2.24) is 0 Å². The predicted molar refractivity (Wildman–Crippen MR) is 78.0 cm³/mol. The number of thioether (sulfide) groups is 2. The molecule has 1 aliphatic heterocycles. The lowest BCUT2D eigenvalue weighted by atomic mass is 10.1. The highest BCUT2D eigenvalue weighted by atomic mass is 32.2. The Hall–Kier alpha value is -0.610. The highest BCUT2D eigenvalue weighted by Crippen LogP contribution is 2.29. The Labute approximate surface area is 116 Å². The van der Waals surface area contributed by atoms with Crippen molar-refractivity contribution in [3.05, 3.63) is 29.8 Å². The molecular weight excluding hydrogens is 264 g/mol. The molecule has 0 radical (unpaired) electrons. The molecule has 1 aliphatic carbocycles. The molecule has 1 unspecified atom stereocenters. The molecule has 0 N–H and O–H groups in total. The molecule has 0 aromatic heterocycles. The number of carbonyl (C=O) groups excluding carboxylic acids is 1. The van der Waals surface area contributed by atoms with Gasteiger partial charge in [-0.2, -0.15) is 11.8 Å². The quantitative estimate of drug-likeness (QED) is 0.791. The first kappa shape index (κ1) is 12.4. The first-order valence-corrected chi connectivity index (χ1v) is 8.53. The highest BCUT2D eigenvalue weighted by molar-refractivity contribution is 8.07. The van der Waals surface area contributed by atoms with Gasteiger partial charge in [-0.1, -0.05) is 0 Å². The van der Waals surface area contributed by atoms with E-state index in [1.54, 1.807) is 11.8 Å². The van der Waals surface area contributed by atoms with E-state index in [2.05, 4.69) is 0 Å². The molecule has 0 bridgehead atoms. The molecule has 1 heterocycles. The van der Waals surface area contributed by atoms with E-state index >= 15 is 0 Å². The van der Waals surface area contributed by atoms with Gasteiger partial charge < -0.3 is 4.74 Å². The maximum atomic E-state index is 12.3. The summed E-state index contributed by atoms with van der Waals surface area (Å²) in [5, 5.41) is 0.138. The standard InChI is InChI=1S/C14H16O2S2/c15-14(13-9-17-7-8-18-13)10-1-3-11(4-2-10)16-12-5-6-12/h1-4,12-13H,5-9H2. The van der Waals surface area contributed by atoms with E-state index in [-0.39, 0.29) is 11.0 Å². The van der Waals surface area contributed by atoms with Crippen LogP contribution in [0, 0.1) is 0 Å². The lowest BCUT2D eigenvalue weighted by Crippen LogP contribution is -2.24. The maximum Gasteiger partial charge on any atom is 0.176 e. The van der Waals surface area contributed by atoms with Crippen LogP contribution in [0.2, 0.25) is 0 Å². The minimum absolute atomic E-state index is 0.138. The maximum absolute atomic E-state index is 12.3. The SMILES string of the molecule is O=C(c1ccc(OC2CC2)cc1)C1CSCCS1. The van der Waals surface area contributed by atoms with Gasteiger partial charge in [0, 0.05) is 22.8 Å². The van der Waals surface area contributed by atoms with Crippen LogP contribution in [0.15, 0.2) is 24.3 Å². The Kier molecular flexibility index (Phi) is 3.85. The number of hydrogen-bond acceptors (Lipinski definition) is 4. The third kappa shape index (κ3) is 3.04. The molecule has 2 fully saturated rings. The summed E-state index contributed by atoms with van der Waals surface area (Å²) in [7, 11) is 0. The van der Waals surface area contributed by atoms with E-state index in [1.165, 1.54) is 5.75 Å². The Balaban J connectivity index is 1.65. The van der Waals surface area contributed by atoms with E-state index in [0.29, 0.717) is 6.10 Å². The van der Waals surface area contributed by atoms with Gasteiger partial charge in [0.1, 0.15) is 5.75 Å². The minimum atomic E-state index is 0.138. The Morgan fingerprint density at radius 1 is 1.17 bits per heavy atom. The summed E-state index contributed by atoms with van der Waals surface area (Å²) in [6, 6.07) is 7.65. The van der Waals surface area contributed by atoms with Crippen LogP contribution in [0.4, 0.5) is 0 Å². The second-order valence-corrected chi connectivity index (χ2v) is 7.10. The largest absolute Gasteiger partial charge is 0.490 e. The van der Waals surface area contributed by atoms with Gasteiger partial charge in [0.25, 0.3) is 0 Å². The van der Waals surface area contributed by atoms with Crippen LogP contribution in [-0.4, -0.2) is 34.4 Å². The number of hydrogen-bond donors (Lipinski definition) is 0. The van der Waals surface area contributed by atoms with Crippen LogP contribution in [0.25, 0.3) is 0 Å². The van der Waals surface area contributed by atoms with Gasteiger partial charge in [-0.05, 0) is 37.1 Å². The Morgan fingerprint density at radius 3 is 2.56 bits per heavy atom. The normalized spacial score (nSPS) is 23.7. The average molecular weight is 280 g/mol. The molecule has 3 rings (SSSR count). The topological polar surface area (TPSA) is 26.3 Å². The van der Waals surface area contributed by atoms with Crippen molar-refractivity contribution >= 4 is 29.3 Å². The smallest absolute Gasteiger partial charge is 0.176 e. The second kappa shape index (κ2) is 5.57. The van der Waals surface area contributed by atoms with Gasteiger partial charge in [0.05, 0.1) is 11.4 Å². The van der Waals surface area contributed by atoms with Crippen molar-refractivity contribution < 1.29 is 9.53 Å². The fourth-order valence-corrected chi connectivity index (χ4v) is 4.54. The molecule has 18 heavy (non-hydrogen) atoms. The first-order valence-electron chi connectivity index (χ1n) is 6.33. The van der Waals surface area contributed by atoms with Crippen molar-refractivity contribution in [3.8, 4) is 5.75 Å². The molecule has 2 nitrogen and oxygen atoms in total. The van der Waals surface area contributed by atoms with Gasteiger partial charge >= 0.3 is 0 Å². The van der Waals surface area contributed by atoms with Gasteiger partial charge in [-0.3, -0.25) is 4.79 Å². The zero-order chi connectivity index (χ0) is 12.4. The van der Waals surface area contributed by atoms with Crippen molar-refractivity contribution in [2.24, 2.45) is 0 Å². The number of ketones is 1. The van der Waals surface area contributed by atoms with Crippen LogP contribution in [0.1, 0.15) is 23.2 Å². The van der Waals surface area contributed by atoms with E-state index in [1.807, 2.05) is 36.0 Å². The number of ether oxygens (including phenoxy) is 1. The molecule has 0 spiro atoms. The molecule has 1 saturated carbocycles. The van der Waals surface area contributed by atoms with E-state index in [4.69, 9.17) is 4.74 Å². The summed E-state index contributed by atoms with van der Waals surface area (Å²) >= 11 is 3.67. The molecule has 0 amide bonds. The molecule has 1 aromatic carbocycles. The summed E-state index contributed by atoms with van der Waals surface area (Å²) in [4.78, 5) is 12.3. The Morgan fingerprint density at radius 2 is 1.94 bits per heavy atom. The van der Waals surface area contributed by atoms with Crippen molar-refractivity contribution in [2.45, 2.75) is 24.2 Å². The number of Topliss-reactive ketones (excluding diaryl/α,β-unsaturated/α-hetero) is 1. The zero-order valence-corrected chi connectivity index (χ0v) is 11.8. The van der Waals surface area contributed by atoms with Crippen LogP contribution in [0.3, 0.4) is 0 Å². The molecule has 1 atom stereocenters. The van der Waals surface area contributed by atoms with Gasteiger partial charge in [0.2, 0.25) is 0 Å². The fraction of sp³-hybridized carbons (Fsp3) is 0.500. The number of rotatable bonds is 4. The third-order valence-electron chi connectivity index (χ3n) is 3.07. The molecule has 1 saturated heterocycles. The summed E-state index contributed by atoms with van der Waals surface area (Å²) in [5.41, 5.74) is 0.818. The Bertz CT molecular complexity index is 420.